The molecule has 0 spiro atoms. The molecule has 2 atom stereocenters. The van der Waals surface area contributed by atoms with Gasteiger partial charge in [-0.2, -0.15) is 0 Å². The molecule has 2 aliphatic heterocycles. The number of carboxylic acids is 1. The van der Waals surface area contributed by atoms with Gasteiger partial charge in [0.15, 0.2) is 10.8 Å². The molecule has 1 fully saturated rings. The number of β-lactam (4-membered cyclic amide) rings is 1. The number of carbonyl (C=O) groups is 4. The van der Waals surface area contributed by atoms with E-state index in [-0.39, 0.29) is 34.6 Å². The van der Waals surface area contributed by atoms with Crippen LogP contribution >= 0.6 is 23.1 Å². The molecule has 1 saturated heterocycles. The van der Waals surface area contributed by atoms with E-state index in [1.54, 1.807) is 0 Å². The normalized spacial score (nSPS) is 20.2. The Morgan fingerprint density at radius 1 is 1.45 bits per heavy atom. The predicted octanol–water partition coefficient (Wildman–Crippen LogP) is -0.273. The van der Waals surface area contributed by atoms with Crippen molar-refractivity contribution in [3.63, 3.8) is 0 Å². The maximum atomic E-state index is 12.8. The summed E-state index contributed by atoms with van der Waals surface area (Å²) in [5.41, 5.74) is 5.82. The van der Waals surface area contributed by atoms with Gasteiger partial charge >= 0.3 is 12.1 Å². The maximum Gasteiger partial charge on any atom is 0.407 e. The van der Waals surface area contributed by atoms with Crippen LogP contribution in [0, 0.1) is 0 Å². The number of ether oxygens (including phenoxy) is 1. The summed E-state index contributed by atoms with van der Waals surface area (Å²) >= 11 is 2.39. The fraction of sp³-hybridized carbons (Fsp3) is 0.333. The van der Waals surface area contributed by atoms with E-state index in [2.05, 4.69) is 20.8 Å². The number of carboxylic acid groups (broad SMARTS) is 1. The molecule has 15 heteroatoms. The molecule has 176 valence electrons. The van der Waals surface area contributed by atoms with E-state index in [1.807, 2.05) is 0 Å². The Kier molecular flexibility index (Phi) is 7.55. The molecule has 5 N–H and O–H groups in total. The number of alkyl carbamates (subject to hydrolysis) is 1. The Morgan fingerprint density at radius 3 is 2.82 bits per heavy atom. The number of fused-ring (bicyclic) bond motifs is 1. The van der Waals surface area contributed by atoms with E-state index < -0.39 is 35.3 Å². The summed E-state index contributed by atoms with van der Waals surface area (Å²) in [6.07, 6.45) is 2.34. The summed E-state index contributed by atoms with van der Waals surface area (Å²) in [5.74, 6) is -2.32. The number of oxime groups is 1. The number of thioether (sulfide) groups is 1. The van der Waals surface area contributed by atoms with Crippen LogP contribution in [0.1, 0.15) is 5.69 Å². The number of amides is 3. The number of nitrogens with zero attached hydrogens (tertiary/aromatic N) is 3. The number of nitrogens with two attached hydrogens (primary N) is 1. The SMILES string of the molecule is CNC(=O)OC/C=C\C1=C(C(=O)O)N2C(=O)C(NC(=O)/C(=N\OC)c3csc(N)n3)[C@@H]2SC1. The van der Waals surface area contributed by atoms with Crippen LogP contribution in [0.25, 0.3) is 0 Å². The number of thiazole rings is 1. The van der Waals surface area contributed by atoms with Crippen molar-refractivity contribution in [2.45, 2.75) is 11.4 Å². The third-order valence-corrected chi connectivity index (χ3v) is 6.46. The second-order valence-corrected chi connectivity index (χ2v) is 8.48. The van der Waals surface area contributed by atoms with Crippen molar-refractivity contribution in [2.24, 2.45) is 5.16 Å². The first-order valence-corrected chi connectivity index (χ1v) is 11.3. The Morgan fingerprint density at radius 2 is 2.21 bits per heavy atom. The standard InChI is InChI=1S/C18H20N6O7S2/c1-20-18(29)31-5-3-4-8-6-32-15-11(14(26)24(15)12(8)16(27)28)22-13(25)10(23-30-2)9-7-33-17(19)21-9/h3-4,7,11,15H,5-6H2,1-2H3,(H2,19,21)(H,20,29)(H,22,25)(H,27,28)/b4-3-,23-10-/t11?,15-/m0/s1. The zero-order valence-corrected chi connectivity index (χ0v) is 19.1. The average Bonchev–Trinajstić information content (AvgIpc) is 3.23. The molecule has 13 nitrogen and oxygen atoms in total. The van der Waals surface area contributed by atoms with Gasteiger partial charge in [0.2, 0.25) is 0 Å². The molecule has 0 bridgehead atoms. The van der Waals surface area contributed by atoms with Crippen LogP contribution in [0.15, 0.2) is 34.0 Å². The largest absolute Gasteiger partial charge is 0.477 e. The van der Waals surface area contributed by atoms with Crippen molar-refractivity contribution in [2.75, 3.05) is 32.3 Å². The summed E-state index contributed by atoms with van der Waals surface area (Å²) in [7, 11) is 2.67. The van der Waals surface area contributed by atoms with Gasteiger partial charge in [-0.1, -0.05) is 11.2 Å². The molecule has 1 aromatic rings. The van der Waals surface area contributed by atoms with E-state index in [1.165, 1.54) is 43.5 Å². The first kappa shape index (κ1) is 24.1. The van der Waals surface area contributed by atoms with Crippen LogP contribution < -0.4 is 16.4 Å². The van der Waals surface area contributed by atoms with Crippen LogP contribution in [0.5, 0.6) is 0 Å². The fourth-order valence-corrected chi connectivity index (χ4v) is 4.93. The second kappa shape index (κ2) is 10.4. The van der Waals surface area contributed by atoms with Crippen molar-refractivity contribution >= 4 is 57.8 Å². The summed E-state index contributed by atoms with van der Waals surface area (Å²) in [6.45, 7) is -0.0699. The summed E-state index contributed by atoms with van der Waals surface area (Å²) in [6, 6.07) is -0.961. The van der Waals surface area contributed by atoms with Gasteiger partial charge in [-0.3, -0.25) is 14.5 Å². The van der Waals surface area contributed by atoms with Crippen molar-refractivity contribution in [3.8, 4) is 0 Å². The number of rotatable bonds is 8. The number of hydrogen-bond acceptors (Lipinski definition) is 11. The molecular formula is C18H20N6O7S2. The lowest BCUT2D eigenvalue weighted by atomic mass is 10.0. The molecule has 0 aliphatic carbocycles. The van der Waals surface area contributed by atoms with E-state index in [0.717, 1.165) is 16.2 Å². The van der Waals surface area contributed by atoms with Gasteiger partial charge < -0.3 is 31.0 Å². The number of nitrogens with one attached hydrogen (secondary N) is 2. The number of anilines is 1. The zero-order valence-electron chi connectivity index (χ0n) is 17.4. The lowest BCUT2D eigenvalue weighted by Crippen LogP contribution is -2.71. The Labute approximate surface area is 195 Å². The highest BCUT2D eigenvalue weighted by Crippen LogP contribution is 2.40. The Hall–Kier alpha value is -3.59. The number of carbonyl (C=O) groups excluding carboxylic acids is 3. The van der Waals surface area contributed by atoms with Crippen molar-refractivity contribution in [3.05, 3.63) is 34.5 Å². The molecule has 0 radical (unpaired) electrons. The lowest BCUT2D eigenvalue weighted by Gasteiger charge is -2.49. The van der Waals surface area contributed by atoms with Gasteiger partial charge in [-0.15, -0.1) is 23.1 Å². The zero-order chi connectivity index (χ0) is 24.1. The predicted molar refractivity (Wildman–Crippen MR) is 119 cm³/mol. The van der Waals surface area contributed by atoms with Gasteiger partial charge in [0, 0.05) is 18.2 Å². The highest BCUT2D eigenvalue weighted by atomic mass is 32.2. The van der Waals surface area contributed by atoms with Gasteiger partial charge in [0.05, 0.1) is 0 Å². The summed E-state index contributed by atoms with van der Waals surface area (Å²) in [5, 5.41) is 19.3. The van der Waals surface area contributed by atoms with Gasteiger partial charge in [0.25, 0.3) is 11.8 Å². The molecule has 3 amide bonds. The molecule has 3 rings (SSSR count). The van der Waals surface area contributed by atoms with Gasteiger partial charge in [-0.05, 0) is 11.6 Å². The topological polar surface area (TPSA) is 186 Å². The van der Waals surface area contributed by atoms with E-state index in [0.29, 0.717) is 5.57 Å². The first-order valence-electron chi connectivity index (χ1n) is 9.34. The number of allylic oxidation sites excluding steroid dienone is 1. The van der Waals surface area contributed by atoms with E-state index in [9.17, 15) is 24.3 Å². The molecule has 1 aromatic heterocycles. The summed E-state index contributed by atoms with van der Waals surface area (Å²) in [4.78, 5) is 58.3. The quantitative estimate of drug-likeness (QED) is 0.212. The van der Waals surface area contributed by atoms with Crippen LogP contribution in [0.3, 0.4) is 0 Å². The van der Waals surface area contributed by atoms with E-state index >= 15 is 0 Å². The third-order valence-electron chi connectivity index (χ3n) is 4.48. The van der Waals surface area contributed by atoms with Gasteiger partial charge in [0.1, 0.15) is 36.5 Å². The summed E-state index contributed by atoms with van der Waals surface area (Å²) < 4.78 is 4.83. The van der Waals surface area contributed by atoms with Gasteiger partial charge in [-0.25, -0.2) is 14.6 Å². The molecule has 1 unspecified atom stereocenters. The Bertz CT molecular complexity index is 1070. The van der Waals surface area contributed by atoms with Crippen molar-refractivity contribution < 1.29 is 33.9 Å². The monoisotopic (exact) mass is 496 g/mol. The van der Waals surface area contributed by atoms with Crippen LogP contribution in [0.4, 0.5) is 9.93 Å². The molecule has 0 saturated carbocycles. The second-order valence-electron chi connectivity index (χ2n) is 6.48. The molecule has 2 aliphatic rings. The number of hydrogen-bond donors (Lipinski definition) is 4. The molecule has 0 aromatic carbocycles. The third kappa shape index (κ3) is 5.09. The molecule has 3 heterocycles. The van der Waals surface area contributed by atoms with Crippen LogP contribution in [0.2, 0.25) is 0 Å². The highest BCUT2D eigenvalue weighted by molar-refractivity contribution is 8.00. The molecular weight excluding hydrogens is 476 g/mol. The number of aliphatic carboxylic acids is 1. The highest BCUT2D eigenvalue weighted by Gasteiger charge is 2.54. The minimum Gasteiger partial charge on any atom is -0.477 e. The smallest absolute Gasteiger partial charge is 0.407 e. The molecule has 33 heavy (non-hydrogen) atoms. The Balaban J connectivity index is 1.73. The average molecular weight is 497 g/mol. The number of aromatic nitrogens is 1. The lowest BCUT2D eigenvalue weighted by molar-refractivity contribution is -0.150. The maximum absolute atomic E-state index is 12.8. The van der Waals surface area contributed by atoms with Crippen molar-refractivity contribution in [1.29, 1.82) is 0 Å². The first-order chi connectivity index (χ1) is 15.8. The fourth-order valence-electron chi connectivity index (χ4n) is 3.06. The van der Waals surface area contributed by atoms with Crippen LogP contribution in [-0.2, 0) is 24.0 Å². The minimum absolute atomic E-state index is 0.0699. The van der Waals surface area contributed by atoms with Crippen molar-refractivity contribution in [1.82, 2.24) is 20.5 Å². The number of nitrogen functional groups attached to an aromatic ring is 1. The van der Waals surface area contributed by atoms with Crippen LogP contribution in [-0.4, -0.2) is 82.5 Å². The van der Waals surface area contributed by atoms with E-state index in [4.69, 9.17) is 15.3 Å². The minimum atomic E-state index is -1.29.